The number of amides is 2. The molecule has 0 aliphatic carbocycles. The van der Waals surface area contributed by atoms with Crippen molar-refractivity contribution in [3.8, 4) is 5.75 Å². The lowest BCUT2D eigenvalue weighted by Gasteiger charge is -2.06. The van der Waals surface area contributed by atoms with E-state index in [1.165, 1.54) is 18.3 Å². The van der Waals surface area contributed by atoms with Crippen molar-refractivity contribution in [3.63, 3.8) is 0 Å². The molecule has 0 unspecified atom stereocenters. The number of benzene rings is 2. The van der Waals surface area contributed by atoms with Gasteiger partial charge in [-0.3, -0.25) is 9.59 Å². The molecule has 6 nitrogen and oxygen atoms in total. The molecule has 0 radical (unpaired) electrons. The standard InChI is InChI=1S/C18H18FN3O3/c1-2-20-17(23)18(24)22-21-11-13-6-8-16(9-7-13)25-12-14-4-3-5-15(19)10-14/h3-11H,2,12H2,1H3,(H,20,23)(H,22,24)/b21-11-. The van der Waals surface area contributed by atoms with Crippen molar-refractivity contribution in [3.05, 3.63) is 65.5 Å². The number of hydrogen-bond donors (Lipinski definition) is 2. The molecule has 0 atom stereocenters. The third kappa shape index (κ3) is 6.06. The third-order valence-corrected chi connectivity index (χ3v) is 3.10. The maximum Gasteiger partial charge on any atom is 0.329 e. The lowest BCUT2D eigenvalue weighted by Crippen LogP contribution is -2.37. The molecule has 0 aromatic heterocycles. The second-order valence-corrected chi connectivity index (χ2v) is 5.05. The van der Waals surface area contributed by atoms with Gasteiger partial charge in [-0.1, -0.05) is 12.1 Å². The maximum absolute atomic E-state index is 13.1. The number of likely N-dealkylation sites (N-methyl/N-ethyl adjacent to an activating group) is 1. The van der Waals surface area contributed by atoms with E-state index in [0.717, 1.165) is 5.56 Å². The Kier molecular flexibility index (Phi) is 6.65. The zero-order valence-electron chi connectivity index (χ0n) is 13.7. The first-order valence-electron chi connectivity index (χ1n) is 7.67. The monoisotopic (exact) mass is 343 g/mol. The number of ether oxygens (including phenoxy) is 1. The number of halogens is 1. The quantitative estimate of drug-likeness (QED) is 0.478. The summed E-state index contributed by atoms with van der Waals surface area (Å²) in [6, 6.07) is 13.1. The minimum Gasteiger partial charge on any atom is -0.489 e. The number of carbonyl (C=O) groups is 2. The van der Waals surface area contributed by atoms with E-state index in [0.29, 0.717) is 17.9 Å². The van der Waals surface area contributed by atoms with Crippen LogP contribution in [0.2, 0.25) is 0 Å². The Bertz CT molecular complexity index is 760. The van der Waals surface area contributed by atoms with Gasteiger partial charge in [0, 0.05) is 6.54 Å². The van der Waals surface area contributed by atoms with Gasteiger partial charge in [-0.05, 0) is 54.4 Å². The fraction of sp³-hybridized carbons (Fsp3) is 0.167. The van der Waals surface area contributed by atoms with Crippen LogP contribution in [0.1, 0.15) is 18.1 Å². The van der Waals surface area contributed by atoms with Gasteiger partial charge in [0.2, 0.25) is 0 Å². The van der Waals surface area contributed by atoms with Gasteiger partial charge < -0.3 is 10.1 Å². The summed E-state index contributed by atoms with van der Waals surface area (Å²) in [4.78, 5) is 22.5. The largest absolute Gasteiger partial charge is 0.489 e. The lowest BCUT2D eigenvalue weighted by atomic mass is 10.2. The summed E-state index contributed by atoms with van der Waals surface area (Å²) < 4.78 is 18.7. The highest BCUT2D eigenvalue weighted by Crippen LogP contribution is 2.14. The molecule has 0 saturated heterocycles. The summed E-state index contributed by atoms with van der Waals surface area (Å²) in [6.45, 7) is 2.34. The number of hydrazone groups is 1. The number of hydrogen-bond acceptors (Lipinski definition) is 4. The molecule has 0 fully saturated rings. The van der Waals surface area contributed by atoms with E-state index in [1.807, 2.05) is 0 Å². The molecule has 130 valence electrons. The van der Waals surface area contributed by atoms with E-state index < -0.39 is 11.8 Å². The molecule has 2 aromatic carbocycles. The summed E-state index contributed by atoms with van der Waals surface area (Å²) >= 11 is 0. The number of carbonyl (C=O) groups excluding carboxylic acids is 2. The van der Waals surface area contributed by atoms with Gasteiger partial charge in [0.05, 0.1) is 6.21 Å². The van der Waals surface area contributed by atoms with Crippen molar-refractivity contribution in [2.75, 3.05) is 6.54 Å². The van der Waals surface area contributed by atoms with Gasteiger partial charge in [-0.15, -0.1) is 0 Å². The molecule has 7 heteroatoms. The van der Waals surface area contributed by atoms with Gasteiger partial charge >= 0.3 is 11.8 Å². The number of nitrogens with zero attached hydrogens (tertiary/aromatic N) is 1. The van der Waals surface area contributed by atoms with Crippen molar-refractivity contribution in [1.82, 2.24) is 10.7 Å². The van der Waals surface area contributed by atoms with E-state index in [1.54, 1.807) is 43.3 Å². The van der Waals surface area contributed by atoms with Crippen molar-refractivity contribution < 1.29 is 18.7 Å². The minimum atomic E-state index is -0.826. The fourth-order valence-corrected chi connectivity index (χ4v) is 1.90. The summed E-state index contributed by atoms with van der Waals surface area (Å²) in [5.41, 5.74) is 3.59. The summed E-state index contributed by atoms with van der Waals surface area (Å²) in [5, 5.41) is 6.08. The van der Waals surface area contributed by atoms with Gasteiger partial charge in [0.1, 0.15) is 18.2 Å². The predicted octanol–water partition coefficient (Wildman–Crippen LogP) is 1.99. The first-order chi connectivity index (χ1) is 12.1. The highest BCUT2D eigenvalue weighted by Gasteiger charge is 2.09. The molecule has 2 N–H and O–H groups in total. The lowest BCUT2D eigenvalue weighted by molar-refractivity contribution is -0.139. The molecule has 0 saturated carbocycles. The van der Waals surface area contributed by atoms with Crippen LogP contribution in [0.5, 0.6) is 5.75 Å². The highest BCUT2D eigenvalue weighted by molar-refractivity contribution is 6.35. The second kappa shape index (κ2) is 9.17. The summed E-state index contributed by atoms with van der Waals surface area (Å²) in [7, 11) is 0. The van der Waals surface area contributed by atoms with Gasteiger partial charge in [0.15, 0.2) is 0 Å². The average molecular weight is 343 g/mol. The Morgan fingerprint density at radius 2 is 1.92 bits per heavy atom. The molecule has 2 aromatic rings. The molecular formula is C18H18FN3O3. The predicted molar refractivity (Wildman–Crippen MR) is 91.6 cm³/mol. The Morgan fingerprint density at radius 3 is 2.60 bits per heavy atom. The highest BCUT2D eigenvalue weighted by atomic mass is 19.1. The normalized spacial score (nSPS) is 10.5. The van der Waals surface area contributed by atoms with Crippen molar-refractivity contribution in [2.45, 2.75) is 13.5 Å². The van der Waals surface area contributed by atoms with E-state index >= 15 is 0 Å². The van der Waals surface area contributed by atoms with Crippen LogP contribution in [0.25, 0.3) is 0 Å². The SMILES string of the molecule is CCNC(=O)C(=O)N/N=C\c1ccc(OCc2cccc(F)c2)cc1. The average Bonchev–Trinajstić information content (AvgIpc) is 2.61. The Hall–Kier alpha value is -3.22. The van der Waals surface area contributed by atoms with E-state index in [2.05, 4.69) is 15.8 Å². The Labute approximate surface area is 144 Å². The first kappa shape index (κ1) is 18.1. The molecule has 2 rings (SSSR count). The zero-order valence-corrected chi connectivity index (χ0v) is 13.7. The molecular weight excluding hydrogens is 325 g/mol. The van der Waals surface area contributed by atoms with E-state index in [9.17, 15) is 14.0 Å². The first-order valence-corrected chi connectivity index (χ1v) is 7.67. The van der Waals surface area contributed by atoms with Gasteiger partial charge in [0.25, 0.3) is 0 Å². The molecule has 0 heterocycles. The van der Waals surface area contributed by atoms with Crippen LogP contribution >= 0.6 is 0 Å². The van der Waals surface area contributed by atoms with Crippen molar-refractivity contribution >= 4 is 18.0 Å². The molecule has 0 spiro atoms. The van der Waals surface area contributed by atoms with Crippen LogP contribution in [-0.4, -0.2) is 24.6 Å². The fourth-order valence-electron chi connectivity index (χ4n) is 1.90. The van der Waals surface area contributed by atoms with Gasteiger partial charge in [-0.25, -0.2) is 9.82 Å². The minimum absolute atomic E-state index is 0.258. The van der Waals surface area contributed by atoms with Crippen LogP contribution < -0.4 is 15.5 Å². The summed E-state index contributed by atoms with van der Waals surface area (Å²) in [6.07, 6.45) is 1.41. The number of rotatable bonds is 6. The van der Waals surface area contributed by atoms with Gasteiger partial charge in [-0.2, -0.15) is 5.10 Å². The summed E-state index contributed by atoms with van der Waals surface area (Å²) in [5.74, 6) is -1.25. The zero-order chi connectivity index (χ0) is 18.1. The maximum atomic E-state index is 13.1. The molecule has 2 amide bonds. The number of nitrogens with one attached hydrogen (secondary N) is 2. The van der Waals surface area contributed by atoms with E-state index in [4.69, 9.17) is 4.74 Å². The third-order valence-electron chi connectivity index (χ3n) is 3.10. The Balaban J connectivity index is 1.84. The molecule has 0 aliphatic heterocycles. The topological polar surface area (TPSA) is 79.8 Å². The van der Waals surface area contributed by atoms with Crippen LogP contribution in [0.4, 0.5) is 4.39 Å². The van der Waals surface area contributed by atoms with Crippen LogP contribution in [0.3, 0.4) is 0 Å². The van der Waals surface area contributed by atoms with Crippen LogP contribution in [0.15, 0.2) is 53.6 Å². The molecule has 25 heavy (non-hydrogen) atoms. The molecule has 0 aliphatic rings. The Morgan fingerprint density at radius 1 is 1.16 bits per heavy atom. The van der Waals surface area contributed by atoms with E-state index in [-0.39, 0.29) is 12.4 Å². The van der Waals surface area contributed by atoms with Crippen molar-refractivity contribution in [1.29, 1.82) is 0 Å². The van der Waals surface area contributed by atoms with Crippen LogP contribution in [0, 0.1) is 5.82 Å². The van der Waals surface area contributed by atoms with Crippen LogP contribution in [-0.2, 0) is 16.2 Å². The second-order valence-electron chi connectivity index (χ2n) is 5.05. The molecule has 0 bridgehead atoms. The smallest absolute Gasteiger partial charge is 0.329 e. The van der Waals surface area contributed by atoms with Crippen molar-refractivity contribution in [2.24, 2.45) is 5.10 Å².